The fourth-order valence-electron chi connectivity index (χ4n) is 3.36. The Hall–Kier alpha value is -2.60. The van der Waals surface area contributed by atoms with Gasteiger partial charge in [0, 0.05) is 18.7 Å². The quantitative estimate of drug-likeness (QED) is 0.713. The van der Waals surface area contributed by atoms with E-state index in [0.717, 1.165) is 42.3 Å². The molecule has 4 rings (SSSR count). The van der Waals surface area contributed by atoms with Crippen molar-refractivity contribution < 1.29 is 13.9 Å². The number of fused-ring (bicyclic) bond motifs is 3. The highest BCUT2D eigenvalue weighted by Crippen LogP contribution is 2.26. The van der Waals surface area contributed by atoms with Crippen LogP contribution in [0.2, 0.25) is 5.02 Å². The molecule has 0 bridgehead atoms. The zero-order valence-electron chi connectivity index (χ0n) is 14.7. The van der Waals surface area contributed by atoms with Crippen molar-refractivity contribution in [1.29, 1.82) is 0 Å². The Morgan fingerprint density at radius 1 is 1.22 bits per heavy atom. The summed E-state index contributed by atoms with van der Waals surface area (Å²) in [6, 6.07) is 9.51. The number of carbonyl (C=O) groups is 1. The topological polar surface area (TPSA) is 56.1 Å². The van der Waals surface area contributed by atoms with Crippen LogP contribution in [0.1, 0.15) is 25.1 Å². The standard InChI is InChI=1S/C20H19ClFN3O2/c21-15-10-13(22)5-8-18(15)27-12-20(26)23-14-6-7-17-16(11-14)24-19-4-2-1-3-9-25(17)19/h5-8,10-11H,1-4,9,12H2,(H,23,26). The molecule has 3 aromatic rings. The van der Waals surface area contributed by atoms with Gasteiger partial charge in [0.25, 0.3) is 5.91 Å². The molecule has 2 heterocycles. The fraction of sp³-hybridized carbons (Fsp3) is 0.300. The van der Waals surface area contributed by atoms with Crippen LogP contribution in [-0.2, 0) is 17.8 Å². The van der Waals surface area contributed by atoms with Gasteiger partial charge in [-0.1, -0.05) is 18.0 Å². The Balaban J connectivity index is 1.44. The number of aryl methyl sites for hydroxylation is 2. The van der Waals surface area contributed by atoms with Crippen LogP contribution < -0.4 is 10.1 Å². The van der Waals surface area contributed by atoms with Gasteiger partial charge in [-0.05, 0) is 49.2 Å². The van der Waals surface area contributed by atoms with E-state index in [1.807, 2.05) is 18.2 Å². The first-order chi connectivity index (χ1) is 13.1. The number of anilines is 1. The lowest BCUT2D eigenvalue weighted by Crippen LogP contribution is -2.20. The van der Waals surface area contributed by atoms with Gasteiger partial charge in [0.05, 0.1) is 16.1 Å². The molecule has 1 aliphatic rings. The van der Waals surface area contributed by atoms with E-state index in [4.69, 9.17) is 21.3 Å². The van der Waals surface area contributed by atoms with Crippen LogP contribution in [0, 0.1) is 5.82 Å². The summed E-state index contributed by atoms with van der Waals surface area (Å²) < 4.78 is 20.7. The summed E-state index contributed by atoms with van der Waals surface area (Å²) in [6.45, 7) is 0.771. The Kier molecular flexibility index (Phi) is 4.99. The van der Waals surface area contributed by atoms with Crippen molar-refractivity contribution in [3.8, 4) is 5.75 Å². The first-order valence-corrected chi connectivity index (χ1v) is 9.35. The van der Waals surface area contributed by atoms with Crippen LogP contribution in [0.4, 0.5) is 10.1 Å². The van der Waals surface area contributed by atoms with Crippen molar-refractivity contribution in [3.63, 3.8) is 0 Å². The van der Waals surface area contributed by atoms with E-state index >= 15 is 0 Å². The van der Waals surface area contributed by atoms with Gasteiger partial charge in [0.1, 0.15) is 17.4 Å². The average molecular weight is 388 g/mol. The summed E-state index contributed by atoms with van der Waals surface area (Å²) in [6.07, 6.45) is 4.55. The van der Waals surface area contributed by atoms with Crippen molar-refractivity contribution in [2.24, 2.45) is 0 Å². The van der Waals surface area contributed by atoms with Crippen LogP contribution in [0.25, 0.3) is 11.0 Å². The number of nitrogens with one attached hydrogen (secondary N) is 1. The van der Waals surface area contributed by atoms with Crippen molar-refractivity contribution in [3.05, 3.63) is 53.1 Å². The van der Waals surface area contributed by atoms with Gasteiger partial charge in [0.15, 0.2) is 6.61 Å². The highest BCUT2D eigenvalue weighted by molar-refractivity contribution is 6.32. The average Bonchev–Trinajstić information content (AvgIpc) is 2.81. The number of rotatable bonds is 4. The van der Waals surface area contributed by atoms with Gasteiger partial charge in [-0.15, -0.1) is 0 Å². The van der Waals surface area contributed by atoms with Crippen molar-refractivity contribution in [1.82, 2.24) is 9.55 Å². The zero-order chi connectivity index (χ0) is 18.8. The molecule has 1 N–H and O–H groups in total. The highest BCUT2D eigenvalue weighted by Gasteiger charge is 2.14. The van der Waals surface area contributed by atoms with Gasteiger partial charge >= 0.3 is 0 Å². The largest absolute Gasteiger partial charge is 0.482 e. The number of amides is 1. The van der Waals surface area contributed by atoms with Crippen molar-refractivity contribution in [2.75, 3.05) is 11.9 Å². The molecule has 0 spiro atoms. The summed E-state index contributed by atoms with van der Waals surface area (Å²) in [4.78, 5) is 16.9. The number of ether oxygens (including phenoxy) is 1. The van der Waals surface area contributed by atoms with Gasteiger partial charge < -0.3 is 14.6 Å². The molecule has 0 saturated heterocycles. The molecule has 2 aromatic carbocycles. The summed E-state index contributed by atoms with van der Waals surface area (Å²) in [5.41, 5.74) is 2.64. The Labute approximate surface area is 161 Å². The molecule has 7 heteroatoms. The number of halogens is 2. The van der Waals surface area contributed by atoms with E-state index < -0.39 is 5.82 Å². The molecule has 1 aliphatic heterocycles. The van der Waals surface area contributed by atoms with E-state index in [0.29, 0.717) is 5.69 Å². The molecule has 0 unspecified atom stereocenters. The fourth-order valence-corrected chi connectivity index (χ4v) is 3.58. The Bertz CT molecular complexity index is 1000. The molecular weight excluding hydrogens is 369 g/mol. The lowest BCUT2D eigenvalue weighted by atomic mass is 10.2. The number of hydrogen-bond acceptors (Lipinski definition) is 3. The lowest BCUT2D eigenvalue weighted by Gasteiger charge is -2.09. The minimum Gasteiger partial charge on any atom is -0.482 e. The lowest BCUT2D eigenvalue weighted by molar-refractivity contribution is -0.118. The maximum Gasteiger partial charge on any atom is 0.262 e. The molecule has 0 aliphatic carbocycles. The van der Waals surface area contributed by atoms with Crippen LogP contribution in [-0.4, -0.2) is 22.1 Å². The molecule has 5 nitrogen and oxygen atoms in total. The Morgan fingerprint density at radius 2 is 2.11 bits per heavy atom. The first-order valence-electron chi connectivity index (χ1n) is 8.97. The van der Waals surface area contributed by atoms with Gasteiger partial charge in [-0.25, -0.2) is 9.37 Å². The third-order valence-corrected chi connectivity index (χ3v) is 4.94. The predicted molar refractivity (Wildman–Crippen MR) is 103 cm³/mol. The van der Waals surface area contributed by atoms with E-state index in [9.17, 15) is 9.18 Å². The molecule has 0 saturated carbocycles. The predicted octanol–water partition coefficient (Wildman–Crippen LogP) is 4.57. The monoisotopic (exact) mass is 387 g/mol. The Morgan fingerprint density at radius 3 is 2.96 bits per heavy atom. The smallest absolute Gasteiger partial charge is 0.262 e. The van der Waals surface area contributed by atoms with E-state index in [1.54, 1.807) is 0 Å². The molecule has 0 fully saturated rings. The maximum absolute atomic E-state index is 13.0. The molecule has 27 heavy (non-hydrogen) atoms. The third kappa shape index (κ3) is 3.90. The normalized spacial score (nSPS) is 13.9. The highest BCUT2D eigenvalue weighted by atomic mass is 35.5. The molecule has 0 atom stereocenters. The van der Waals surface area contributed by atoms with Crippen molar-refractivity contribution in [2.45, 2.75) is 32.2 Å². The molecule has 140 valence electrons. The van der Waals surface area contributed by atoms with E-state index in [1.165, 1.54) is 25.0 Å². The second kappa shape index (κ2) is 7.56. The molecular formula is C20H19ClFN3O2. The van der Waals surface area contributed by atoms with E-state index in [2.05, 4.69) is 9.88 Å². The molecule has 0 radical (unpaired) electrons. The third-order valence-electron chi connectivity index (χ3n) is 4.65. The number of benzene rings is 2. The van der Waals surface area contributed by atoms with Gasteiger partial charge in [-0.3, -0.25) is 4.79 Å². The molecule has 1 amide bonds. The number of carbonyl (C=O) groups excluding carboxylic acids is 1. The summed E-state index contributed by atoms with van der Waals surface area (Å²) in [7, 11) is 0. The second-order valence-corrected chi connectivity index (χ2v) is 7.01. The van der Waals surface area contributed by atoms with Gasteiger partial charge in [0.2, 0.25) is 0 Å². The van der Waals surface area contributed by atoms with Crippen LogP contribution in [0.3, 0.4) is 0 Å². The number of imidazole rings is 1. The van der Waals surface area contributed by atoms with Crippen LogP contribution in [0.15, 0.2) is 36.4 Å². The first kappa shape index (κ1) is 17.8. The zero-order valence-corrected chi connectivity index (χ0v) is 15.4. The summed E-state index contributed by atoms with van der Waals surface area (Å²) in [5.74, 6) is 0.598. The second-order valence-electron chi connectivity index (χ2n) is 6.61. The summed E-state index contributed by atoms with van der Waals surface area (Å²) in [5, 5.41) is 2.93. The van der Waals surface area contributed by atoms with Crippen LogP contribution in [0.5, 0.6) is 5.75 Å². The SMILES string of the molecule is O=C(COc1ccc(F)cc1Cl)Nc1ccc2c(c1)nc1n2CCCCC1. The number of hydrogen-bond donors (Lipinski definition) is 1. The minimum absolute atomic E-state index is 0.128. The number of nitrogens with zero attached hydrogens (tertiary/aromatic N) is 2. The maximum atomic E-state index is 13.0. The van der Waals surface area contributed by atoms with Gasteiger partial charge in [-0.2, -0.15) is 0 Å². The number of aromatic nitrogens is 2. The van der Waals surface area contributed by atoms with E-state index in [-0.39, 0.29) is 23.3 Å². The molecule has 1 aromatic heterocycles. The van der Waals surface area contributed by atoms with Crippen LogP contribution >= 0.6 is 11.6 Å². The van der Waals surface area contributed by atoms with Crippen molar-refractivity contribution >= 4 is 34.2 Å². The summed E-state index contributed by atoms with van der Waals surface area (Å²) >= 11 is 5.89. The minimum atomic E-state index is -0.455.